The van der Waals surface area contributed by atoms with Gasteiger partial charge in [-0.25, -0.2) is 8.42 Å². The summed E-state index contributed by atoms with van der Waals surface area (Å²) in [4.78, 5) is 10.7. The molecule has 0 bridgehead atoms. The number of hydrogen-bond acceptors (Lipinski definition) is 4. The Labute approximate surface area is 145 Å². The van der Waals surface area contributed by atoms with Crippen LogP contribution < -0.4 is 5.32 Å². The maximum Gasteiger partial charge on any atom is 0.243 e. The van der Waals surface area contributed by atoms with E-state index in [0.29, 0.717) is 5.92 Å². The number of nitrogens with one attached hydrogen (secondary N) is 1. The molecule has 1 N–H and O–H groups in total. The van der Waals surface area contributed by atoms with E-state index in [1.54, 1.807) is 12.1 Å². The van der Waals surface area contributed by atoms with Crippen molar-refractivity contribution < 1.29 is 22.2 Å². The molecular weight excluding hydrogens is 328 g/mol. The number of aryl methyl sites for hydroxylation is 1. The normalized spacial score (nSPS) is 12.6. The van der Waals surface area contributed by atoms with Gasteiger partial charge in [0.2, 0.25) is 5.91 Å². The predicted molar refractivity (Wildman–Crippen MR) is 94.4 cm³/mol. The highest BCUT2D eigenvalue weighted by atomic mass is 32.2. The zero-order valence-corrected chi connectivity index (χ0v) is 15.9. The van der Waals surface area contributed by atoms with Gasteiger partial charge in [-0.05, 0) is 25.1 Å². The molecule has 0 saturated heterocycles. The SMILES string of the molecule is C=CC(=O)NCC(C)C[N+](C)(C)C.Cc1ccc(S(=O)(=O)[O-])cc1. The van der Waals surface area contributed by atoms with Crippen LogP contribution in [-0.4, -0.2) is 57.6 Å². The van der Waals surface area contributed by atoms with E-state index in [-0.39, 0.29) is 10.8 Å². The van der Waals surface area contributed by atoms with Gasteiger partial charge in [0, 0.05) is 12.5 Å². The third-order valence-electron chi connectivity index (χ3n) is 2.98. The van der Waals surface area contributed by atoms with Crippen LogP contribution in [0.15, 0.2) is 41.8 Å². The van der Waals surface area contributed by atoms with Gasteiger partial charge < -0.3 is 14.4 Å². The van der Waals surface area contributed by atoms with E-state index >= 15 is 0 Å². The van der Waals surface area contributed by atoms with Crippen molar-refractivity contribution in [3.63, 3.8) is 0 Å². The average Bonchev–Trinajstić information content (AvgIpc) is 2.43. The minimum atomic E-state index is -4.27. The number of amides is 1. The van der Waals surface area contributed by atoms with E-state index < -0.39 is 10.1 Å². The van der Waals surface area contributed by atoms with Crippen LogP contribution in [0.4, 0.5) is 0 Å². The van der Waals surface area contributed by atoms with Gasteiger partial charge in [-0.15, -0.1) is 0 Å². The number of carbonyl (C=O) groups is 1. The zero-order chi connectivity index (χ0) is 19.0. The molecule has 0 aliphatic heterocycles. The summed E-state index contributed by atoms with van der Waals surface area (Å²) >= 11 is 0. The molecule has 0 spiro atoms. The molecule has 7 heteroatoms. The number of nitrogens with zero attached hydrogens (tertiary/aromatic N) is 1. The molecule has 0 aromatic heterocycles. The first-order valence-corrected chi connectivity index (χ1v) is 8.99. The van der Waals surface area contributed by atoms with Gasteiger partial charge in [-0.3, -0.25) is 4.79 Å². The van der Waals surface area contributed by atoms with Crippen molar-refractivity contribution in [3.8, 4) is 0 Å². The van der Waals surface area contributed by atoms with Gasteiger partial charge in [0.15, 0.2) is 0 Å². The van der Waals surface area contributed by atoms with Gasteiger partial charge in [0.1, 0.15) is 10.1 Å². The number of benzene rings is 1. The molecule has 1 unspecified atom stereocenters. The number of rotatable bonds is 6. The minimum Gasteiger partial charge on any atom is -0.744 e. The van der Waals surface area contributed by atoms with E-state index in [9.17, 15) is 17.8 Å². The van der Waals surface area contributed by atoms with Crippen LogP contribution in [0.1, 0.15) is 12.5 Å². The quantitative estimate of drug-likeness (QED) is 0.476. The van der Waals surface area contributed by atoms with E-state index in [4.69, 9.17) is 0 Å². The van der Waals surface area contributed by atoms with Gasteiger partial charge >= 0.3 is 0 Å². The Morgan fingerprint density at radius 1 is 1.29 bits per heavy atom. The molecule has 1 aromatic rings. The highest BCUT2D eigenvalue weighted by Crippen LogP contribution is 2.08. The Kier molecular flexibility index (Phi) is 8.88. The van der Waals surface area contributed by atoms with Crippen LogP contribution >= 0.6 is 0 Å². The second-order valence-corrected chi connectivity index (χ2v) is 8.17. The summed E-state index contributed by atoms with van der Waals surface area (Å²) < 4.78 is 32.1. The fraction of sp³-hybridized carbons (Fsp3) is 0.471. The van der Waals surface area contributed by atoms with E-state index in [0.717, 1.165) is 23.1 Å². The first-order valence-electron chi connectivity index (χ1n) is 7.58. The number of carbonyl (C=O) groups excluding carboxylic acids is 1. The van der Waals surface area contributed by atoms with Crippen molar-refractivity contribution in [2.75, 3.05) is 34.2 Å². The lowest BCUT2D eigenvalue weighted by Crippen LogP contribution is -2.41. The van der Waals surface area contributed by atoms with Crippen molar-refractivity contribution in [1.82, 2.24) is 5.32 Å². The standard InChI is InChI=1S/C10H20N2O.C7H8O3S/c1-6-10(13)11-7-9(2)8-12(3,4)5;1-6-2-4-7(5-3-6)11(8,9)10/h6,9H,1,7-8H2,2-5H3;2-5H,1H3,(H,8,9,10). The maximum absolute atomic E-state index is 10.8. The number of quaternary nitrogens is 1. The van der Waals surface area contributed by atoms with Crippen LogP contribution in [0.25, 0.3) is 0 Å². The molecule has 1 aromatic carbocycles. The monoisotopic (exact) mass is 356 g/mol. The highest BCUT2D eigenvalue weighted by Gasteiger charge is 2.13. The molecule has 0 aliphatic rings. The van der Waals surface area contributed by atoms with Crippen molar-refractivity contribution in [2.24, 2.45) is 5.92 Å². The smallest absolute Gasteiger partial charge is 0.243 e. The molecule has 0 saturated carbocycles. The summed E-state index contributed by atoms with van der Waals surface area (Å²) in [6.07, 6.45) is 1.30. The maximum atomic E-state index is 10.8. The van der Waals surface area contributed by atoms with Crippen molar-refractivity contribution in [1.29, 1.82) is 0 Å². The third kappa shape index (κ3) is 10.9. The minimum absolute atomic E-state index is 0.0896. The lowest BCUT2D eigenvalue weighted by Gasteiger charge is -2.27. The first-order chi connectivity index (χ1) is 10.8. The zero-order valence-electron chi connectivity index (χ0n) is 15.1. The summed E-state index contributed by atoms with van der Waals surface area (Å²) in [6, 6.07) is 5.78. The molecule has 1 atom stereocenters. The lowest BCUT2D eigenvalue weighted by atomic mass is 10.1. The van der Waals surface area contributed by atoms with E-state index in [1.807, 2.05) is 6.92 Å². The molecular formula is C17H28N2O4S. The molecule has 0 aliphatic carbocycles. The summed E-state index contributed by atoms with van der Waals surface area (Å²) in [6.45, 7) is 9.13. The van der Waals surface area contributed by atoms with E-state index in [1.165, 1.54) is 18.2 Å². The predicted octanol–water partition coefficient (Wildman–Crippen LogP) is 1.53. The fourth-order valence-corrected chi connectivity index (χ4v) is 2.52. The summed E-state index contributed by atoms with van der Waals surface area (Å²) in [5.41, 5.74) is 0.928. The van der Waals surface area contributed by atoms with Crippen molar-refractivity contribution in [2.45, 2.75) is 18.7 Å². The van der Waals surface area contributed by atoms with Crippen molar-refractivity contribution in [3.05, 3.63) is 42.5 Å². The Bertz CT molecular complexity index is 632. The Balaban J connectivity index is 0.000000446. The van der Waals surface area contributed by atoms with Crippen molar-refractivity contribution >= 4 is 16.0 Å². The van der Waals surface area contributed by atoms with Gasteiger partial charge in [-0.2, -0.15) is 0 Å². The molecule has 136 valence electrons. The molecule has 6 nitrogen and oxygen atoms in total. The van der Waals surface area contributed by atoms with Crippen LogP contribution in [0, 0.1) is 12.8 Å². The topological polar surface area (TPSA) is 86.3 Å². The van der Waals surface area contributed by atoms with Crippen LogP contribution in [0.3, 0.4) is 0 Å². The molecule has 1 rings (SSSR count). The lowest BCUT2D eigenvalue weighted by molar-refractivity contribution is -0.873. The largest absolute Gasteiger partial charge is 0.744 e. The first kappa shape index (κ1) is 22.3. The van der Waals surface area contributed by atoms with Gasteiger partial charge in [-0.1, -0.05) is 31.2 Å². The Morgan fingerprint density at radius 2 is 1.79 bits per heavy atom. The highest BCUT2D eigenvalue weighted by molar-refractivity contribution is 7.85. The second kappa shape index (κ2) is 9.56. The second-order valence-electron chi connectivity index (χ2n) is 6.79. The van der Waals surface area contributed by atoms with Gasteiger partial charge in [0.25, 0.3) is 0 Å². The van der Waals surface area contributed by atoms with Crippen LogP contribution in [0.2, 0.25) is 0 Å². The molecule has 0 fully saturated rings. The molecule has 0 radical (unpaired) electrons. The summed E-state index contributed by atoms with van der Waals surface area (Å²) in [5.74, 6) is 0.400. The Morgan fingerprint density at radius 3 is 2.17 bits per heavy atom. The number of hydrogen-bond donors (Lipinski definition) is 1. The van der Waals surface area contributed by atoms with E-state index in [2.05, 4.69) is 40.0 Å². The summed E-state index contributed by atoms with van der Waals surface area (Å²) in [7, 11) is 2.16. The van der Waals surface area contributed by atoms with Crippen LogP contribution in [0.5, 0.6) is 0 Å². The Hall–Kier alpha value is -1.70. The molecule has 0 heterocycles. The molecule has 1 amide bonds. The third-order valence-corrected chi connectivity index (χ3v) is 3.83. The fourth-order valence-electron chi connectivity index (χ4n) is 2.05. The average molecular weight is 356 g/mol. The summed E-state index contributed by atoms with van der Waals surface area (Å²) in [5, 5.41) is 2.79. The molecule has 24 heavy (non-hydrogen) atoms. The van der Waals surface area contributed by atoms with Gasteiger partial charge in [0.05, 0.1) is 32.6 Å². The van der Waals surface area contributed by atoms with Crippen LogP contribution in [-0.2, 0) is 14.9 Å².